The molecule has 0 N–H and O–H groups in total. The molecule has 2 aromatic heterocycles. The number of rotatable bonds is 4. The van der Waals surface area contributed by atoms with Crippen molar-refractivity contribution in [2.75, 3.05) is 7.11 Å². The molecule has 0 unspecified atom stereocenters. The first-order valence-electron chi connectivity index (χ1n) is 10.1. The molecule has 2 heterocycles. The molecule has 0 fully saturated rings. The highest BCUT2D eigenvalue weighted by Crippen LogP contribution is 2.45. The molecule has 1 aliphatic carbocycles. The van der Waals surface area contributed by atoms with Crippen molar-refractivity contribution in [1.82, 2.24) is 9.55 Å². The Balaban J connectivity index is 1.79. The maximum absolute atomic E-state index is 13.8. The Hall–Kier alpha value is -2.29. The summed E-state index contributed by atoms with van der Waals surface area (Å²) in [5.74, 6) is 1.19. The molecule has 0 radical (unpaired) electrons. The lowest BCUT2D eigenvalue weighted by molar-refractivity contribution is 0.0977. The van der Waals surface area contributed by atoms with Gasteiger partial charge in [0.25, 0.3) is 5.56 Å². The molecular formula is C24H18Br2N2O3S. The van der Waals surface area contributed by atoms with Gasteiger partial charge in [-0.1, -0.05) is 74.3 Å². The third-order valence-corrected chi connectivity index (χ3v) is 8.29. The van der Waals surface area contributed by atoms with E-state index in [0.717, 1.165) is 16.7 Å². The lowest BCUT2D eigenvalue weighted by Gasteiger charge is -2.23. The lowest BCUT2D eigenvalue weighted by Crippen LogP contribution is -2.30. The monoisotopic (exact) mass is 572 g/mol. The van der Waals surface area contributed by atoms with Gasteiger partial charge in [-0.25, -0.2) is 4.98 Å². The quantitative estimate of drug-likeness (QED) is 0.290. The van der Waals surface area contributed by atoms with Crippen LogP contribution in [0.25, 0.3) is 21.6 Å². The van der Waals surface area contributed by atoms with E-state index in [1.54, 1.807) is 11.7 Å². The van der Waals surface area contributed by atoms with Gasteiger partial charge < -0.3 is 4.74 Å². The Kier molecular flexibility index (Phi) is 5.55. The molecule has 5 nitrogen and oxygen atoms in total. The van der Waals surface area contributed by atoms with E-state index in [1.165, 1.54) is 11.3 Å². The summed E-state index contributed by atoms with van der Waals surface area (Å²) in [6.07, 6.45) is 1.19. The van der Waals surface area contributed by atoms with Crippen molar-refractivity contribution < 1.29 is 9.53 Å². The number of aryl methyl sites for hydroxylation is 1. The fourth-order valence-electron chi connectivity index (χ4n) is 4.02. The molecule has 0 saturated carbocycles. The van der Waals surface area contributed by atoms with Crippen LogP contribution in [0.2, 0.25) is 0 Å². The molecule has 8 heteroatoms. The van der Waals surface area contributed by atoms with Gasteiger partial charge in [0.1, 0.15) is 19.6 Å². The molecule has 0 aliphatic heterocycles. The summed E-state index contributed by atoms with van der Waals surface area (Å²) in [6, 6.07) is 17.4. The van der Waals surface area contributed by atoms with Crippen LogP contribution in [0.5, 0.6) is 5.75 Å². The minimum Gasteiger partial charge on any atom is -0.497 e. The van der Waals surface area contributed by atoms with Crippen molar-refractivity contribution >= 4 is 59.2 Å². The maximum Gasteiger partial charge on any atom is 0.263 e. The molecular weight excluding hydrogens is 556 g/mol. The number of Topliss-reactive ketones (excluding diaryl/α,β-unsaturated/α-hetero) is 1. The normalized spacial score (nSPS) is 15.0. The molecule has 1 aliphatic rings. The van der Waals surface area contributed by atoms with Crippen molar-refractivity contribution in [3.8, 4) is 17.1 Å². The fourth-order valence-corrected chi connectivity index (χ4v) is 6.31. The number of aromatic nitrogens is 2. The van der Waals surface area contributed by atoms with Crippen LogP contribution in [0.3, 0.4) is 0 Å². The van der Waals surface area contributed by atoms with Gasteiger partial charge in [-0.05, 0) is 36.1 Å². The number of halogens is 2. The van der Waals surface area contributed by atoms with Crippen molar-refractivity contribution in [1.29, 1.82) is 0 Å². The number of alkyl halides is 2. The minimum atomic E-state index is -0.785. The van der Waals surface area contributed by atoms with Crippen molar-refractivity contribution in [3.05, 3.63) is 81.0 Å². The van der Waals surface area contributed by atoms with Crippen LogP contribution in [0.15, 0.2) is 59.4 Å². The summed E-state index contributed by atoms with van der Waals surface area (Å²) >= 11 is 8.26. The van der Waals surface area contributed by atoms with Crippen molar-refractivity contribution in [3.63, 3.8) is 0 Å². The Labute approximate surface area is 205 Å². The summed E-state index contributed by atoms with van der Waals surface area (Å²) < 4.78 is 6.31. The number of nitrogens with zero attached hydrogens (tertiary/aromatic N) is 2. The second kappa shape index (κ2) is 8.24. The van der Waals surface area contributed by atoms with Crippen molar-refractivity contribution in [2.24, 2.45) is 0 Å². The van der Waals surface area contributed by atoms with E-state index in [0.29, 0.717) is 46.1 Å². The Morgan fingerprint density at radius 1 is 1.12 bits per heavy atom. The molecule has 32 heavy (non-hydrogen) atoms. The van der Waals surface area contributed by atoms with E-state index in [-0.39, 0.29) is 11.3 Å². The van der Waals surface area contributed by atoms with Gasteiger partial charge in [0.05, 0.1) is 23.9 Å². The number of thiophene rings is 1. The summed E-state index contributed by atoms with van der Waals surface area (Å²) in [5.41, 5.74) is 2.46. The minimum absolute atomic E-state index is 0.0568. The predicted octanol–water partition coefficient (Wildman–Crippen LogP) is 5.80. The first kappa shape index (κ1) is 21.6. The number of fused-ring (bicyclic) bond motifs is 3. The van der Waals surface area contributed by atoms with Crippen LogP contribution in [0.4, 0.5) is 0 Å². The number of carbonyl (C=O) groups excluding carboxylic acids is 1. The van der Waals surface area contributed by atoms with Gasteiger partial charge in [0.15, 0.2) is 5.78 Å². The molecule has 4 aromatic rings. The number of methoxy groups -OCH3 is 1. The maximum atomic E-state index is 13.8. The topological polar surface area (TPSA) is 61.2 Å². The highest BCUT2D eigenvalue weighted by atomic mass is 79.9. The van der Waals surface area contributed by atoms with Gasteiger partial charge in [-0.15, -0.1) is 11.3 Å². The van der Waals surface area contributed by atoms with Crippen molar-refractivity contribution in [2.45, 2.75) is 22.6 Å². The smallest absolute Gasteiger partial charge is 0.263 e. The number of benzene rings is 2. The summed E-state index contributed by atoms with van der Waals surface area (Å²) in [7, 11) is 1.61. The van der Waals surface area contributed by atoms with Crippen LogP contribution in [-0.4, -0.2) is 25.7 Å². The van der Waals surface area contributed by atoms with Crippen LogP contribution in [0.1, 0.15) is 27.2 Å². The summed E-state index contributed by atoms with van der Waals surface area (Å²) in [5, 5.41) is 0.552. The molecule has 5 rings (SSSR count). The average Bonchev–Trinajstić information content (AvgIpc) is 3.18. The lowest BCUT2D eigenvalue weighted by atomic mass is 9.96. The third-order valence-electron chi connectivity index (χ3n) is 5.65. The number of hydrogen-bond acceptors (Lipinski definition) is 5. The second-order valence-corrected chi connectivity index (χ2v) is 12.4. The van der Waals surface area contributed by atoms with Crippen LogP contribution in [-0.2, 0) is 13.0 Å². The second-order valence-electron chi connectivity index (χ2n) is 7.67. The number of hydrogen-bond donors (Lipinski definition) is 0. The molecule has 2 aromatic carbocycles. The summed E-state index contributed by atoms with van der Waals surface area (Å²) in [6.45, 7) is 0.383. The standard InChI is InChI=1S/C24H18Br2N2O3S/c1-31-16-9-5-8-15(12-16)21-27-22-18(17-10-11-24(25,26)20(29)19(17)32-22)23(30)28(21)13-14-6-3-2-4-7-14/h2-9,12H,10-11,13H2,1H3. The van der Waals surface area contributed by atoms with E-state index in [4.69, 9.17) is 9.72 Å². The Bertz CT molecular complexity index is 1410. The third kappa shape index (κ3) is 3.64. The number of carbonyl (C=O) groups is 1. The van der Waals surface area contributed by atoms with Crippen LogP contribution >= 0.6 is 43.2 Å². The molecule has 162 valence electrons. The van der Waals surface area contributed by atoms with Gasteiger partial charge >= 0.3 is 0 Å². The Morgan fingerprint density at radius 2 is 1.91 bits per heavy atom. The largest absolute Gasteiger partial charge is 0.497 e. The highest BCUT2D eigenvalue weighted by molar-refractivity contribution is 9.26. The van der Waals surface area contributed by atoms with Gasteiger partial charge in [-0.3, -0.25) is 14.2 Å². The highest BCUT2D eigenvalue weighted by Gasteiger charge is 2.41. The molecule has 0 bridgehead atoms. The van der Waals surface area contributed by atoms with Gasteiger partial charge in [0.2, 0.25) is 0 Å². The average molecular weight is 574 g/mol. The zero-order valence-electron chi connectivity index (χ0n) is 17.1. The summed E-state index contributed by atoms with van der Waals surface area (Å²) in [4.78, 5) is 32.9. The van der Waals surface area contributed by atoms with E-state index < -0.39 is 3.23 Å². The Morgan fingerprint density at radius 3 is 2.66 bits per heavy atom. The van der Waals surface area contributed by atoms with E-state index in [9.17, 15) is 9.59 Å². The van der Waals surface area contributed by atoms with E-state index >= 15 is 0 Å². The van der Waals surface area contributed by atoms with E-state index in [2.05, 4.69) is 31.9 Å². The zero-order chi connectivity index (χ0) is 22.5. The fraction of sp³-hybridized carbons (Fsp3) is 0.208. The zero-order valence-corrected chi connectivity index (χ0v) is 21.1. The SMILES string of the molecule is COc1cccc(-c2nc3sc4c(c3c(=O)n2Cc2ccccc2)CCC(Br)(Br)C4=O)c1. The van der Waals surface area contributed by atoms with Crippen LogP contribution < -0.4 is 10.3 Å². The van der Waals surface area contributed by atoms with Gasteiger partial charge in [-0.2, -0.15) is 0 Å². The number of ether oxygens (including phenoxy) is 1. The predicted molar refractivity (Wildman–Crippen MR) is 135 cm³/mol. The first-order valence-corrected chi connectivity index (χ1v) is 12.5. The number of ketones is 1. The molecule has 0 spiro atoms. The van der Waals surface area contributed by atoms with Gasteiger partial charge in [0, 0.05) is 5.56 Å². The van der Waals surface area contributed by atoms with E-state index in [1.807, 2.05) is 54.6 Å². The molecule has 0 amide bonds. The van der Waals surface area contributed by atoms with Crippen LogP contribution in [0, 0.1) is 0 Å². The molecule has 0 saturated heterocycles. The first-order chi connectivity index (χ1) is 15.4. The molecule has 0 atom stereocenters.